The van der Waals surface area contributed by atoms with Crippen LogP contribution >= 0.6 is 0 Å². The van der Waals surface area contributed by atoms with Crippen molar-refractivity contribution in [3.63, 3.8) is 0 Å². The quantitative estimate of drug-likeness (QED) is 0.793. The molecule has 1 aliphatic rings. The van der Waals surface area contributed by atoms with Gasteiger partial charge in [-0.1, -0.05) is 12.1 Å². The summed E-state index contributed by atoms with van der Waals surface area (Å²) in [6.07, 6.45) is 1.93. The molecule has 1 atom stereocenters. The van der Waals surface area contributed by atoms with Gasteiger partial charge < -0.3 is 0 Å². The van der Waals surface area contributed by atoms with Gasteiger partial charge in [-0.3, -0.25) is 0 Å². The van der Waals surface area contributed by atoms with Gasteiger partial charge in [0.25, 0.3) is 0 Å². The van der Waals surface area contributed by atoms with Crippen LogP contribution in [0.25, 0.3) is 0 Å². The lowest BCUT2D eigenvalue weighted by atomic mass is 10.2. The van der Waals surface area contributed by atoms with Crippen LogP contribution in [-0.2, 0) is 10.0 Å². The summed E-state index contributed by atoms with van der Waals surface area (Å²) in [6.45, 7) is 4.53. The third-order valence-corrected chi connectivity index (χ3v) is 5.10. The monoisotopic (exact) mass is 239 g/mol. The highest BCUT2D eigenvalue weighted by Crippen LogP contribution is 2.25. The zero-order chi connectivity index (χ0) is 11.8. The Labute approximate surface area is 97.1 Å². The minimum atomic E-state index is -3.28. The van der Waals surface area contributed by atoms with Crippen LogP contribution in [0.3, 0.4) is 0 Å². The molecule has 0 bridgehead atoms. The first kappa shape index (κ1) is 11.6. The Hall–Kier alpha value is -0.870. The molecule has 0 aromatic heterocycles. The van der Waals surface area contributed by atoms with Gasteiger partial charge in [0.1, 0.15) is 0 Å². The standard InChI is InChI=1S/C12H17NO2S/c1-10-5-3-7-12(9-10)16(14,15)13-8-4-6-11(13)2/h3,5,7,9,11H,4,6,8H2,1-2H3. The second-order valence-electron chi connectivity index (χ2n) is 4.42. The van der Waals surface area contributed by atoms with Crippen molar-refractivity contribution in [3.05, 3.63) is 29.8 Å². The fourth-order valence-electron chi connectivity index (χ4n) is 2.18. The molecule has 1 saturated heterocycles. The Morgan fingerprint density at radius 3 is 2.69 bits per heavy atom. The maximum atomic E-state index is 12.3. The van der Waals surface area contributed by atoms with Crippen LogP contribution in [0.2, 0.25) is 0 Å². The summed E-state index contributed by atoms with van der Waals surface area (Å²) in [5.74, 6) is 0. The average Bonchev–Trinajstić information content (AvgIpc) is 2.65. The smallest absolute Gasteiger partial charge is 0.207 e. The van der Waals surface area contributed by atoms with Gasteiger partial charge >= 0.3 is 0 Å². The van der Waals surface area contributed by atoms with Crippen LogP contribution in [0.5, 0.6) is 0 Å². The van der Waals surface area contributed by atoms with Gasteiger partial charge in [0.05, 0.1) is 4.90 Å². The molecule has 16 heavy (non-hydrogen) atoms. The van der Waals surface area contributed by atoms with E-state index in [4.69, 9.17) is 0 Å². The van der Waals surface area contributed by atoms with E-state index in [9.17, 15) is 8.42 Å². The van der Waals surface area contributed by atoms with Crippen molar-refractivity contribution in [2.24, 2.45) is 0 Å². The summed E-state index contributed by atoms with van der Waals surface area (Å²) in [6, 6.07) is 7.24. The Kier molecular flexibility index (Phi) is 3.04. The first-order valence-corrected chi connectivity index (χ1v) is 7.04. The van der Waals surface area contributed by atoms with Crippen molar-refractivity contribution in [2.75, 3.05) is 6.54 Å². The first-order valence-electron chi connectivity index (χ1n) is 5.60. The van der Waals surface area contributed by atoms with Crippen molar-refractivity contribution >= 4 is 10.0 Å². The molecular weight excluding hydrogens is 222 g/mol. The minimum absolute atomic E-state index is 0.130. The summed E-state index contributed by atoms with van der Waals surface area (Å²) >= 11 is 0. The van der Waals surface area contributed by atoms with Crippen LogP contribution in [0.4, 0.5) is 0 Å². The molecule has 1 heterocycles. The second kappa shape index (κ2) is 4.18. The molecule has 0 saturated carbocycles. The zero-order valence-electron chi connectivity index (χ0n) is 9.68. The molecule has 0 N–H and O–H groups in total. The summed E-state index contributed by atoms with van der Waals surface area (Å²) in [5, 5.41) is 0. The highest BCUT2D eigenvalue weighted by molar-refractivity contribution is 7.89. The molecule has 0 radical (unpaired) electrons. The predicted octanol–water partition coefficient (Wildman–Crippen LogP) is 2.17. The van der Waals surface area contributed by atoms with Gasteiger partial charge in [0.15, 0.2) is 0 Å². The molecule has 0 amide bonds. The van der Waals surface area contributed by atoms with Gasteiger partial charge in [0.2, 0.25) is 10.0 Å². The predicted molar refractivity (Wildman–Crippen MR) is 63.8 cm³/mol. The maximum absolute atomic E-state index is 12.3. The molecule has 1 unspecified atom stereocenters. The molecule has 0 spiro atoms. The first-order chi connectivity index (χ1) is 7.51. The SMILES string of the molecule is Cc1cccc(S(=O)(=O)N2CCCC2C)c1. The third kappa shape index (κ3) is 1.99. The summed E-state index contributed by atoms with van der Waals surface area (Å²) in [7, 11) is -3.28. The van der Waals surface area contributed by atoms with Crippen LogP contribution in [-0.4, -0.2) is 25.3 Å². The molecule has 1 aromatic rings. The number of hydrogen-bond donors (Lipinski definition) is 0. The lowest BCUT2D eigenvalue weighted by Gasteiger charge is -2.21. The summed E-state index contributed by atoms with van der Waals surface area (Å²) in [4.78, 5) is 0.418. The highest BCUT2D eigenvalue weighted by Gasteiger charge is 2.32. The van der Waals surface area contributed by atoms with Gasteiger partial charge in [0, 0.05) is 12.6 Å². The topological polar surface area (TPSA) is 37.4 Å². The van der Waals surface area contributed by atoms with E-state index < -0.39 is 10.0 Å². The second-order valence-corrected chi connectivity index (χ2v) is 6.31. The fraction of sp³-hybridized carbons (Fsp3) is 0.500. The van der Waals surface area contributed by atoms with E-state index >= 15 is 0 Å². The van der Waals surface area contributed by atoms with E-state index in [2.05, 4.69) is 0 Å². The fourth-order valence-corrected chi connectivity index (χ4v) is 3.98. The Balaban J connectivity index is 2.39. The van der Waals surface area contributed by atoms with E-state index in [1.807, 2.05) is 19.9 Å². The largest absolute Gasteiger partial charge is 0.243 e. The van der Waals surface area contributed by atoms with Crippen LogP contribution < -0.4 is 0 Å². The zero-order valence-corrected chi connectivity index (χ0v) is 10.5. The van der Waals surface area contributed by atoms with Crippen molar-refractivity contribution in [1.82, 2.24) is 4.31 Å². The number of benzene rings is 1. The van der Waals surface area contributed by atoms with Gasteiger partial charge in [-0.05, 0) is 44.4 Å². The van der Waals surface area contributed by atoms with E-state index in [0.717, 1.165) is 18.4 Å². The van der Waals surface area contributed by atoms with Crippen LogP contribution in [0.15, 0.2) is 29.2 Å². The number of sulfonamides is 1. The maximum Gasteiger partial charge on any atom is 0.243 e. The summed E-state index contributed by atoms with van der Waals surface area (Å²) < 4.78 is 26.3. The van der Waals surface area contributed by atoms with E-state index in [-0.39, 0.29) is 6.04 Å². The Morgan fingerprint density at radius 2 is 2.12 bits per heavy atom. The van der Waals surface area contributed by atoms with Gasteiger partial charge in [-0.15, -0.1) is 0 Å². The van der Waals surface area contributed by atoms with Crippen molar-refractivity contribution in [2.45, 2.75) is 37.6 Å². The molecule has 0 aliphatic carbocycles. The molecule has 88 valence electrons. The number of aryl methyl sites for hydroxylation is 1. The molecule has 4 heteroatoms. The van der Waals surface area contributed by atoms with Crippen molar-refractivity contribution < 1.29 is 8.42 Å². The molecule has 2 rings (SSSR count). The van der Waals surface area contributed by atoms with Crippen molar-refractivity contribution in [3.8, 4) is 0 Å². The van der Waals surface area contributed by atoms with Crippen LogP contribution in [0, 0.1) is 6.92 Å². The van der Waals surface area contributed by atoms with E-state index in [1.54, 1.807) is 22.5 Å². The number of nitrogens with zero attached hydrogens (tertiary/aromatic N) is 1. The lowest BCUT2D eigenvalue weighted by molar-refractivity contribution is 0.408. The van der Waals surface area contributed by atoms with Crippen molar-refractivity contribution in [1.29, 1.82) is 0 Å². The normalized spacial score (nSPS) is 22.5. The van der Waals surface area contributed by atoms with Gasteiger partial charge in [-0.2, -0.15) is 4.31 Å². The molecule has 1 aliphatic heterocycles. The molecule has 3 nitrogen and oxygen atoms in total. The molecule has 1 fully saturated rings. The minimum Gasteiger partial charge on any atom is -0.207 e. The van der Waals surface area contributed by atoms with Gasteiger partial charge in [-0.25, -0.2) is 8.42 Å². The van der Waals surface area contributed by atoms with E-state index in [1.165, 1.54) is 0 Å². The number of rotatable bonds is 2. The summed E-state index contributed by atoms with van der Waals surface area (Å²) in [5.41, 5.74) is 0.980. The lowest BCUT2D eigenvalue weighted by Crippen LogP contribution is -2.33. The molecular formula is C12H17NO2S. The van der Waals surface area contributed by atoms with E-state index in [0.29, 0.717) is 11.4 Å². The number of hydrogen-bond acceptors (Lipinski definition) is 2. The third-order valence-electron chi connectivity index (χ3n) is 3.09. The molecule has 1 aromatic carbocycles. The average molecular weight is 239 g/mol. The van der Waals surface area contributed by atoms with Crippen LogP contribution in [0.1, 0.15) is 25.3 Å². The Bertz CT molecular complexity index is 482. The Morgan fingerprint density at radius 1 is 1.38 bits per heavy atom. The highest BCUT2D eigenvalue weighted by atomic mass is 32.2.